The van der Waals surface area contributed by atoms with Gasteiger partial charge in [-0.25, -0.2) is 4.79 Å². The molecule has 6 heteroatoms. The number of esters is 1. The van der Waals surface area contributed by atoms with Crippen LogP contribution in [0.3, 0.4) is 0 Å². The van der Waals surface area contributed by atoms with Crippen LogP contribution in [0.15, 0.2) is 63.8 Å². The number of aromatic nitrogens is 2. The summed E-state index contributed by atoms with van der Waals surface area (Å²) < 4.78 is 16.1. The first-order valence-corrected chi connectivity index (χ1v) is 7.29. The van der Waals surface area contributed by atoms with Crippen molar-refractivity contribution < 1.29 is 18.4 Å². The Hall–Kier alpha value is -3.41. The van der Waals surface area contributed by atoms with Crippen LogP contribution >= 0.6 is 0 Å². The molecule has 0 radical (unpaired) electrons. The highest BCUT2D eigenvalue weighted by molar-refractivity contribution is 5.96. The van der Waals surface area contributed by atoms with Crippen LogP contribution in [-0.4, -0.2) is 16.2 Å². The van der Waals surface area contributed by atoms with Crippen molar-refractivity contribution in [2.24, 2.45) is 0 Å². The van der Waals surface area contributed by atoms with Gasteiger partial charge >= 0.3 is 5.97 Å². The van der Waals surface area contributed by atoms with Crippen LogP contribution < -0.4 is 4.74 Å². The summed E-state index contributed by atoms with van der Waals surface area (Å²) in [6.45, 7) is 1.83. The van der Waals surface area contributed by atoms with Crippen LogP contribution in [0.4, 0.5) is 0 Å². The number of benzene rings is 2. The fourth-order valence-electron chi connectivity index (χ4n) is 2.49. The van der Waals surface area contributed by atoms with E-state index < -0.39 is 5.97 Å². The van der Waals surface area contributed by atoms with Crippen molar-refractivity contribution in [2.45, 2.75) is 6.92 Å². The van der Waals surface area contributed by atoms with Crippen molar-refractivity contribution in [3.63, 3.8) is 0 Å². The van der Waals surface area contributed by atoms with Gasteiger partial charge in [0.15, 0.2) is 0 Å². The summed E-state index contributed by atoms with van der Waals surface area (Å²) >= 11 is 0. The normalized spacial score (nSPS) is 10.9. The Bertz CT molecular complexity index is 1000. The lowest BCUT2D eigenvalue weighted by molar-refractivity contribution is 0.0703. The van der Waals surface area contributed by atoms with Gasteiger partial charge in [-0.1, -0.05) is 18.2 Å². The van der Waals surface area contributed by atoms with Crippen molar-refractivity contribution in [1.82, 2.24) is 10.2 Å². The molecule has 2 aromatic heterocycles. The van der Waals surface area contributed by atoms with Crippen LogP contribution in [0, 0.1) is 6.92 Å². The SMILES string of the molecule is Cc1c(C(=O)Oc2ccc(-c3nnco3)cc2)oc2ccccc12. The number of carbonyl (C=O) groups is 1. The molecular weight excluding hydrogens is 308 g/mol. The Morgan fingerprint density at radius 3 is 2.58 bits per heavy atom. The first-order valence-electron chi connectivity index (χ1n) is 7.29. The van der Waals surface area contributed by atoms with Gasteiger partial charge in [-0.3, -0.25) is 0 Å². The lowest BCUT2D eigenvalue weighted by atomic mass is 10.1. The Morgan fingerprint density at radius 1 is 1.08 bits per heavy atom. The number of aryl methyl sites for hydroxylation is 1. The maximum Gasteiger partial charge on any atom is 0.379 e. The van der Waals surface area contributed by atoms with E-state index in [0.29, 0.717) is 17.2 Å². The molecular formula is C18H12N2O4. The lowest BCUT2D eigenvalue weighted by Crippen LogP contribution is -2.08. The average Bonchev–Trinajstić information content (AvgIpc) is 3.24. The van der Waals surface area contributed by atoms with Crippen LogP contribution in [0.2, 0.25) is 0 Å². The molecule has 2 aromatic carbocycles. The molecule has 0 aliphatic carbocycles. The largest absolute Gasteiger partial charge is 0.449 e. The van der Waals surface area contributed by atoms with E-state index >= 15 is 0 Å². The molecule has 0 spiro atoms. The van der Waals surface area contributed by atoms with Crippen LogP contribution in [-0.2, 0) is 0 Å². The summed E-state index contributed by atoms with van der Waals surface area (Å²) in [5.41, 5.74) is 2.17. The molecule has 0 unspecified atom stereocenters. The molecule has 0 fully saturated rings. The zero-order chi connectivity index (χ0) is 16.5. The molecule has 0 atom stereocenters. The molecule has 2 heterocycles. The van der Waals surface area contributed by atoms with Crippen molar-refractivity contribution in [1.29, 1.82) is 0 Å². The third-order valence-corrected chi connectivity index (χ3v) is 3.70. The van der Waals surface area contributed by atoms with Crippen molar-refractivity contribution in [3.8, 4) is 17.2 Å². The topological polar surface area (TPSA) is 78.4 Å². The minimum atomic E-state index is -0.533. The molecule has 6 nitrogen and oxygen atoms in total. The van der Waals surface area contributed by atoms with Gasteiger partial charge in [0, 0.05) is 16.5 Å². The van der Waals surface area contributed by atoms with Gasteiger partial charge < -0.3 is 13.6 Å². The first kappa shape index (κ1) is 14.2. The van der Waals surface area contributed by atoms with E-state index in [1.807, 2.05) is 31.2 Å². The Balaban J connectivity index is 1.58. The molecule has 4 rings (SSSR count). The van der Waals surface area contributed by atoms with Crippen molar-refractivity contribution in [2.75, 3.05) is 0 Å². The number of nitrogens with zero attached hydrogens (tertiary/aromatic N) is 2. The van der Waals surface area contributed by atoms with E-state index in [0.717, 1.165) is 16.5 Å². The smallest absolute Gasteiger partial charge is 0.379 e. The zero-order valence-corrected chi connectivity index (χ0v) is 12.7. The number of hydrogen-bond acceptors (Lipinski definition) is 6. The molecule has 0 bridgehead atoms. The van der Waals surface area contributed by atoms with E-state index in [4.69, 9.17) is 13.6 Å². The Morgan fingerprint density at radius 2 is 1.88 bits per heavy atom. The van der Waals surface area contributed by atoms with Gasteiger partial charge in [0.1, 0.15) is 11.3 Å². The van der Waals surface area contributed by atoms with E-state index in [1.165, 1.54) is 6.39 Å². The van der Waals surface area contributed by atoms with E-state index in [9.17, 15) is 4.79 Å². The molecule has 118 valence electrons. The molecule has 4 aromatic rings. The fraction of sp³-hybridized carbons (Fsp3) is 0.0556. The average molecular weight is 320 g/mol. The van der Waals surface area contributed by atoms with E-state index in [1.54, 1.807) is 24.3 Å². The molecule has 0 N–H and O–H groups in total. The van der Waals surface area contributed by atoms with Gasteiger partial charge in [-0.05, 0) is 37.3 Å². The third kappa shape index (κ3) is 2.44. The van der Waals surface area contributed by atoms with Gasteiger partial charge in [0.25, 0.3) is 0 Å². The maximum atomic E-state index is 12.4. The predicted molar refractivity (Wildman–Crippen MR) is 85.6 cm³/mol. The van der Waals surface area contributed by atoms with Gasteiger partial charge in [0.05, 0.1) is 0 Å². The van der Waals surface area contributed by atoms with Crippen molar-refractivity contribution in [3.05, 3.63) is 66.2 Å². The second kappa shape index (κ2) is 5.66. The van der Waals surface area contributed by atoms with Crippen LogP contribution in [0.1, 0.15) is 16.1 Å². The van der Waals surface area contributed by atoms with Gasteiger partial charge in [-0.15, -0.1) is 10.2 Å². The van der Waals surface area contributed by atoms with E-state index in [-0.39, 0.29) is 5.76 Å². The van der Waals surface area contributed by atoms with Crippen LogP contribution in [0.5, 0.6) is 5.75 Å². The molecule has 0 saturated heterocycles. The quantitative estimate of drug-likeness (QED) is 0.419. The number of fused-ring (bicyclic) bond motifs is 1. The summed E-state index contributed by atoms with van der Waals surface area (Å²) in [6.07, 6.45) is 1.26. The number of hydrogen-bond donors (Lipinski definition) is 0. The summed E-state index contributed by atoms with van der Waals surface area (Å²) in [6, 6.07) is 14.3. The Labute approximate surface area is 136 Å². The molecule has 0 saturated carbocycles. The predicted octanol–water partition coefficient (Wildman–Crippen LogP) is 4.01. The number of furan rings is 1. The first-order chi connectivity index (χ1) is 11.7. The highest BCUT2D eigenvalue weighted by Gasteiger charge is 2.19. The summed E-state index contributed by atoms with van der Waals surface area (Å²) in [5, 5.41) is 8.35. The number of rotatable bonds is 3. The highest BCUT2D eigenvalue weighted by atomic mass is 16.5. The Kier molecular flexibility index (Phi) is 3.35. The highest BCUT2D eigenvalue weighted by Crippen LogP contribution is 2.26. The number of ether oxygens (including phenoxy) is 1. The fourth-order valence-corrected chi connectivity index (χ4v) is 2.49. The van der Waals surface area contributed by atoms with Crippen molar-refractivity contribution >= 4 is 16.9 Å². The summed E-state index contributed by atoms with van der Waals surface area (Å²) in [5.74, 6) is 0.482. The molecule has 0 aliphatic heterocycles. The second-order valence-electron chi connectivity index (χ2n) is 5.21. The maximum absolute atomic E-state index is 12.4. The summed E-state index contributed by atoms with van der Waals surface area (Å²) in [7, 11) is 0. The monoisotopic (exact) mass is 320 g/mol. The zero-order valence-electron chi connectivity index (χ0n) is 12.7. The van der Waals surface area contributed by atoms with Crippen LogP contribution in [0.25, 0.3) is 22.4 Å². The third-order valence-electron chi connectivity index (χ3n) is 3.70. The summed E-state index contributed by atoms with van der Waals surface area (Å²) in [4.78, 5) is 12.4. The number of carbonyl (C=O) groups excluding carboxylic acids is 1. The lowest BCUT2D eigenvalue weighted by Gasteiger charge is -2.03. The minimum Gasteiger partial charge on any atom is -0.449 e. The second-order valence-corrected chi connectivity index (χ2v) is 5.21. The van der Waals surface area contributed by atoms with E-state index in [2.05, 4.69) is 10.2 Å². The standard InChI is InChI=1S/C18H12N2O4/c1-11-14-4-2-3-5-15(14)24-16(11)18(21)23-13-8-6-12(7-9-13)17-20-19-10-22-17/h2-10H,1H3. The molecule has 24 heavy (non-hydrogen) atoms. The van der Waals surface area contributed by atoms with Gasteiger partial charge in [-0.2, -0.15) is 0 Å². The minimum absolute atomic E-state index is 0.206. The molecule has 0 amide bonds. The van der Waals surface area contributed by atoms with Gasteiger partial charge in [0.2, 0.25) is 18.0 Å². The number of para-hydroxylation sites is 1. The molecule has 0 aliphatic rings.